The standard InChI is InChI=1S/C9H10F3N3O/c10-9(11,12)3-5-16-6-2-1-4-15-7(6)8(13)14/h1-2,4H,3,5H2,(H3,13,14). The summed E-state index contributed by atoms with van der Waals surface area (Å²) in [7, 11) is 0. The number of nitrogens with two attached hydrogens (primary N) is 1. The molecule has 88 valence electrons. The molecule has 0 aromatic carbocycles. The van der Waals surface area contributed by atoms with Gasteiger partial charge in [-0.25, -0.2) is 4.98 Å². The molecular formula is C9H10F3N3O. The summed E-state index contributed by atoms with van der Waals surface area (Å²) >= 11 is 0. The Labute approximate surface area is 89.7 Å². The average molecular weight is 233 g/mol. The maximum absolute atomic E-state index is 11.9. The predicted molar refractivity (Wildman–Crippen MR) is 51.4 cm³/mol. The van der Waals surface area contributed by atoms with Gasteiger partial charge in [-0.1, -0.05) is 0 Å². The fourth-order valence-corrected chi connectivity index (χ4v) is 0.986. The molecule has 0 spiro atoms. The van der Waals surface area contributed by atoms with E-state index in [1.807, 2.05) is 0 Å². The minimum atomic E-state index is -4.27. The molecule has 0 saturated heterocycles. The second kappa shape index (κ2) is 4.82. The van der Waals surface area contributed by atoms with Gasteiger partial charge in [0.2, 0.25) is 0 Å². The van der Waals surface area contributed by atoms with E-state index in [-0.39, 0.29) is 17.3 Å². The quantitative estimate of drug-likeness (QED) is 0.614. The number of nitrogens with one attached hydrogen (secondary N) is 1. The normalized spacial score (nSPS) is 11.2. The highest BCUT2D eigenvalue weighted by atomic mass is 19.4. The lowest BCUT2D eigenvalue weighted by atomic mass is 10.3. The summed E-state index contributed by atoms with van der Waals surface area (Å²) in [5.41, 5.74) is 5.24. The first-order chi connectivity index (χ1) is 7.40. The van der Waals surface area contributed by atoms with Crippen LogP contribution in [0.2, 0.25) is 0 Å². The van der Waals surface area contributed by atoms with Crippen LogP contribution in [0.4, 0.5) is 13.2 Å². The number of rotatable bonds is 4. The van der Waals surface area contributed by atoms with Crippen molar-refractivity contribution in [1.29, 1.82) is 5.41 Å². The zero-order valence-electron chi connectivity index (χ0n) is 8.21. The van der Waals surface area contributed by atoms with Crippen molar-refractivity contribution in [2.75, 3.05) is 6.61 Å². The zero-order valence-corrected chi connectivity index (χ0v) is 8.21. The Morgan fingerprint density at radius 1 is 1.50 bits per heavy atom. The van der Waals surface area contributed by atoms with Crippen LogP contribution in [0.3, 0.4) is 0 Å². The molecule has 4 nitrogen and oxygen atoms in total. The number of nitrogen functional groups attached to an aromatic ring is 1. The first-order valence-electron chi connectivity index (χ1n) is 4.39. The van der Waals surface area contributed by atoms with Gasteiger partial charge in [0.05, 0.1) is 13.0 Å². The monoisotopic (exact) mass is 233 g/mol. The van der Waals surface area contributed by atoms with Crippen molar-refractivity contribution >= 4 is 5.84 Å². The lowest BCUT2D eigenvalue weighted by Crippen LogP contribution is -2.17. The van der Waals surface area contributed by atoms with Gasteiger partial charge < -0.3 is 10.5 Å². The lowest BCUT2D eigenvalue weighted by molar-refractivity contribution is -0.139. The van der Waals surface area contributed by atoms with E-state index in [9.17, 15) is 13.2 Å². The summed E-state index contributed by atoms with van der Waals surface area (Å²) in [5, 5.41) is 7.15. The number of pyridine rings is 1. The zero-order chi connectivity index (χ0) is 12.2. The van der Waals surface area contributed by atoms with Crippen LogP contribution in [0.5, 0.6) is 5.75 Å². The number of amidine groups is 1. The number of alkyl halides is 3. The number of hydrogen-bond donors (Lipinski definition) is 2. The molecular weight excluding hydrogens is 223 g/mol. The van der Waals surface area contributed by atoms with E-state index in [1.54, 1.807) is 0 Å². The van der Waals surface area contributed by atoms with E-state index >= 15 is 0 Å². The Hall–Kier alpha value is -1.79. The van der Waals surface area contributed by atoms with Crippen molar-refractivity contribution in [2.24, 2.45) is 5.73 Å². The molecule has 0 bridgehead atoms. The molecule has 0 aliphatic rings. The predicted octanol–water partition coefficient (Wildman–Crippen LogP) is 1.70. The maximum Gasteiger partial charge on any atom is 0.392 e. The highest BCUT2D eigenvalue weighted by Gasteiger charge is 2.27. The number of hydrogen-bond acceptors (Lipinski definition) is 3. The van der Waals surface area contributed by atoms with E-state index in [0.717, 1.165) is 0 Å². The van der Waals surface area contributed by atoms with E-state index in [4.69, 9.17) is 15.9 Å². The van der Waals surface area contributed by atoms with Gasteiger partial charge in [-0.2, -0.15) is 13.2 Å². The van der Waals surface area contributed by atoms with Gasteiger partial charge in [0, 0.05) is 6.20 Å². The van der Waals surface area contributed by atoms with Gasteiger partial charge >= 0.3 is 6.18 Å². The first kappa shape index (κ1) is 12.3. The SMILES string of the molecule is N=C(N)c1ncccc1OCCC(F)(F)F. The van der Waals surface area contributed by atoms with Crippen LogP contribution >= 0.6 is 0 Å². The largest absolute Gasteiger partial charge is 0.491 e. The molecule has 1 aromatic rings. The van der Waals surface area contributed by atoms with Crippen LogP contribution in [0.15, 0.2) is 18.3 Å². The van der Waals surface area contributed by atoms with E-state index < -0.39 is 19.2 Å². The molecule has 0 radical (unpaired) electrons. The van der Waals surface area contributed by atoms with Crippen LogP contribution in [-0.4, -0.2) is 23.6 Å². The highest BCUT2D eigenvalue weighted by Crippen LogP contribution is 2.21. The average Bonchev–Trinajstić information content (AvgIpc) is 2.16. The van der Waals surface area contributed by atoms with Crippen LogP contribution in [0.1, 0.15) is 12.1 Å². The number of ether oxygens (including phenoxy) is 1. The van der Waals surface area contributed by atoms with Gasteiger partial charge in [0.25, 0.3) is 0 Å². The van der Waals surface area contributed by atoms with Crippen molar-refractivity contribution < 1.29 is 17.9 Å². The molecule has 0 saturated carbocycles. The van der Waals surface area contributed by atoms with E-state index in [0.29, 0.717) is 0 Å². The third-order valence-corrected chi connectivity index (χ3v) is 1.67. The third-order valence-electron chi connectivity index (χ3n) is 1.67. The van der Waals surface area contributed by atoms with Gasteiger partial charge in [-0.15, -0.1) is 0 Å². The highest BCUT2D eigenvalue weighted by molar-refractivity contribution is 5.95. The molecule has 16 heavy (non-hydrogen) atoms. The molecule has 0 atom stereocenters. The number of aromatic nitrogens is 1. The second-order valence-electron chi connectivity index (χ2n) is 2.98. The fraction of sp³-hybridized carbons (Fsp3) is 0.333. The molecule has 1 heterocycles. The molecule has 0 amide bonds. The van der Waals surface area contributed by atoms with Gasteiger partial charge in [-0.05, 0) is 12.1 Å². The van der Waals surface area contributed by atoms with Crippen LogP contribution in [0, 0.1) is 5.41 Å². The summed E-state index contributed by atoms with van der Waals surface area (Å²) < 4.78 is 40.4. The summed E-state index contributed by atoms with van der Waals surface area (Å²) in [6.45, 7) is -0.518. The minimum Gasteiger partial charge on any atom is -0.491 e. The smallest absolute Gasteiger partial charge is 0.392 e. The maximum atomic E-state index is 11.9. The molecule has 0 fully saturated rings. The Morgan fingerprint density at radius 2 is 2.19 bits per heavy atom. The van der Waals surface area contributed by atoms with Gasteiger partial charge in [0.1, 0.15) is 17.3 Å². The fourth-order valence-electron chi connectivity index (χ4n) is 0.986. The molecule has 1 aromatic heterocycles. The van der Waals surface area contributed by atoms with E-state index in [2.05, 4.69) is 4.98 Å². The molecule has 0 unspecified atom stereocenters. The summed E-state index contributed by atoms with van der Waals surface area (Å²) in [5.74, 6) is -0.262. The first-order valence-corrected chi connectivity index (χ1v) is 4.39. The van der Waals surface area contributed by atoms with E-state index in [1.165, 1.54) is 18.3 Å². The van der Waals surface area contributed by atoms with Crippen molar-refractivity contribution in [2.45, 2.75) is 12.6 Å². The number of halogens is 3. The topological polar surface area (TPSA) is 72.0 Å². The number of nitrogens with zero attached hydrogens (tertiary/aromatic N) is 1. The summed E-state index contributed by atoms with van der Waals surface area (Å²) in [4.78, 5) is 3.74. The summed E-state index contributed by atoms with van der Waals surface area (Å²) in [6.07, 6.45) is -3.94. The van der Waals surface area contributed by atoms with Crippen molar-refractivity contribution in [3.05, 3.63) is 24.0 Å². The Morgan fingerprint density at radius 3 is 2.75 bits per heavy atom. The minimum absolute atomic E-state index is 0.0460. The van der Waals surface area contributed by atoms with Crippen molar-refractivity contribution in [3.8, 4) is 5.75 Å². The second-order valence-corrected chi connectivity index (χ2v) is 2.98. The van der Waals surface area contributed by atoms with Gasteiger partial charge in [0.15, 0.2) is 0 Å². The molecule has 3 N–H and O–H groups in total. The third kappa shape index (κ3) is 3.76. The lowest BCUT2D eigenvalue weighted by Gasteiger charge is -2.10. The Balaban J connectivity index is 2.64. The van der Waals surface area contributed by atoms with Crippen molar-refractivity contribution in [3.63, 3.8) is 0 Å². The van der Waals surface area contributed by atoms with Crippen LogP contribution in [0.25, 0.3) is 0 Å². The Kier molecular flexibility index (Phi) is 3.70. The van der Waals surface area contributed by atoms with Gasteiger partial charge in [-0.3, -0.25) is 5.41 Å². The molecule has 0 aliphatic carbocycles. The molecule has 1 rings (SSSR count). The molecule has 7 heteroatoms. The van der Waals surface area contributed by atoms with Crippen LogP contribution < -0.4 is 10.5 Å². The molecule has 0 aliphatic heterocycles. The van der Waals surface area contributed by atoms with Crippen molar-refractivity contribution in [1.82, 2.24) is 4.98 Å². The van der Waals surface area contributed by atoms with Crippen LogP contribution in [-0.2, 0) is 0 Å². The Bertz CT molecular complexity index is 379. The summed E-state index contributed by atoms with van der Waals surface area (Å²) in [6, 6.07) is 2.91.